The van der Waals surface area contributed by atoms with E-state index < -0.39 is 0 Å². The second kappa shape index (κ2) is 6.75. The van der Waals surface area contributed by atoms with Crippen molar-refractivity contribution in [3.8, 4) is 0 Å². The summed E-state index contributed by atoms with van der Waals surface area (Å²) in [5.41, 5.74) is 1.58. The highest BCUT2D eigenvalue weighted by molar-refractivity contribution is 5.64. The van der Waals surface area contributed by atoms with Crippen LogP contribution in [-0.4, -0.2) is 23.8 Å². The van der Waals surface area contributed by atoms with Crippen LogP contribution in [0.25, 0.3) is 0 Å². The Labute approximate surface area is 128 Å². The summed E-state index contributed by atoms with van der Waals surface area (Å²) in [6.45, 7) is 9.24. The Morgan fingerprint density at radius 1 is 1.43 bits per heavy atom. The Bertz CT molecular complexity index is 508. The lowest BCUT2D eigenvalue weighted by Crippen LogP contribution is -2.35. The van der Waals surface area contributed by atoms with E-state index >= 15 is 0 Å². The maximum Gasteiger partial charge on any atom is 0.142 e. The maximum absolute atomic E-state index is 10.5. The molecular weight excluding hydrogens is 258 g/mol. The molecule has 2 atom stereocenters. The number of allylic oxidation sites excluding steroid dienone is 7. The van der Waals surface area contributed by atoms with Crippen molar-refractivity contribution in [2.45, 2.75) is 32.7 Å². The number of nitrogens with zero attached hydrogens (tertiary/aromatic N) is 1. The third-order valence-corrected chi connectivity index (χ3v) is 4.60. The van der Waals surface area contributed by atoms with Gasteiger partial charge in [0.2, 0.25) is 0 Å². The molecule has 2 unspecified atom stereocenters. The van der Waals surface area contributed by atoms with Gasteiger partial charge in [-0.05, 0) is 30.4 Å². The van der Waals surface area contributed by atoms with Gasteiger partial charge in [-0.3, -0.25) is 4.79 Å². The highest BCUT2D eigenvalue weighted by Gasteiger charge is 2.48. The Balaban J connectivity index is 2.30. The van der Waals surface area contributed by atoms with Gasteiger partial charge in [0.1, 0.15) is 6.29 Å². The van der Waals surface area contributed by atoms with Gasteiger partial charge in [0.25, 0.3) is 0 Å². The zero-order valence-electron chi connectivity index (χ0n) is 13.0. The topological polar surface area (TPSA) is 20.3 Å². The van der Waals surface area contributed by atoms with Crippen LogP contribution < -0.4 is 0 Å². The van der Waals surface area contributed by atoms with Crippen molar-refractivity contribution >= 4 is 6.29 Å². The molecule has 1 saturated heterocycles. The molecule has 1 aliphatic carbocycles. The van der Waals surface area contributed by atoms with Crippen molar-refractivity contribution in [1.82, 2.24) is 4.90 Å². The van der Waals surface area contributed by atoms with Gasteiger partial charge in [0.05, 0.1) is 6.04 Å². The average molecular weight is 283 g/mol. The van der Waals surface area contributed by atoms with Crippen molar-refractivity contribution in [2.24, 2.45) is 11.3 Å². The second-order valence-corrected chi connectivity index (χ2v) is 6.24. The third-order valence-electron chi connectivity index (χ3n) is 4.60. The minimum atomic E-state index is 0.184. The molecule has 0 saturated carbocycles. The van der Waals surface area contributed by atoms with E-state index in [1.165, 1.54) is 5.70 Å². The fourth-order valence-electron chi connectivity index (χ4n) is 3.47. The molecule has 2 rings (SSSR count). The van der Waals surface area contributed by atoms with Crippen molar-refractivity contribution in [3.63, 3.8) is 0 Å². The molecule has 1 fully saturated rings. The number of fused-ring (bicyclic) bond motifs is 1. The highest BCUT2D eigenvalue weighted by atomic mass is 16.1. The van der Waals surface area contributed by atoms with Gasteiger partial charge in [-0.25, -0.2) is 0 Å². The predicted octanol–water partition coefficient (Wildman–Crippen LogP) is 4.04. The van der Waals surface area contributed by atoms with E-state index in [2.05, 4.69) is 55.7 Å². The van der Waals surface area contributed by atoms with Crippen LogP contribution in [0.2, 0.25) is 0 Å². The Morgan fingerprint density at radius 2 is 2.24 bits per heavy atom. The number of hydrogen-bond donors (Lipinski definition) is 0. The molecule has 112 valence electrons. The van der Waals surface area contributed by atoms with Crippen LogP contribution in [0.4, 0.5) is 0 Å². The molecule has 21 heavy (non-hydrogen) atoms. The van der Waals surface area contributed by atoms with Crippen molar-refractivity contribution in [2.75, 3.05) is 6.54 Å². The zero-order chi connectivity index (χ0) is 15.3. The number of rotatable bonds is 6. The van der Waals surface area contributed by atoms with Crippen LogP contribution in [-0.2, 0) is 4.79 Å². The lowest BCUT2D eigenvalue weighted by atomic mass is 9.73. The van der Waals surface area contributed by atoms with Crippen molar-refractivity contribution in [1.29, 1.82) is 0 Å². The monoisotopic (exact) mass is 283 g/mol. The largest absolute Gasteiger partial charge is 0.364 e. The molecule has 0 radical (unpaired) electrons. The number of likely N-dealkylation sites (tertiary alicyclic amines) is 1. The van der Waals surface area contributed by atoms with E-state index in [0.29, 0.717) is 12.0 Å². The van der Waals surface area contributed by atoms with Gasteiger partial charge in [0.15, 0.2) is 0 Å². The number of hydrogen-bond acceptors (Lipinski definition) is 2. The molecular formula is C19H25NO. The molecule has 0 bridgehead atoms. The van der Waals surface area contributed by atoms with Crippen LogP contribution in [0.15, 0.2) is 60.9 Å². The summed E-state index contributed by atoms with van der Waals surface area (Å²) in [5.74, 6) is 0.547. The zero-order valence-corrected chi connectivity index (χ0v) is 13.0. The first-order valence-corrected chi connectivity index (χ1v) is 7.64. The fourth-order valence-corrected chi connectivity index (χ4v) is 3.47. The summed E-state index contributed by atoms with van der Waals surface area (Å²) in [7, 11) is 0. The first kappa shape index (κ1) is 15.6. The number of carbonyl (C=O) groups excluding carboxylic acids is 1. The molecule has 0 aromatic rings. The standard InChI is InChI=1S/C19H25NO/c1-4-5-6-13-18-19(2,3)16-11-7-8-12-17(16)20(18)14-9-10-15-21/h4,6-10,12-13,15-16,18H,1,5,11,14H2,2-3H3/b10-9+,13-6+. The summed E-state index contributed by atoms with van der Waals surface area (Å²) >= 11 is 0. The molecule has 0 amide bonds. The number of carbonyl (C=O) groups is 1. The fraction of sp³-hybridized carbons (Fsp3) is 0.421. The van der Waals surface area contributed by atoms with Crippen molar-refractivity contribution in [3.05, 3.63) is 60.9 Å². The molecule has 0 aromatic heterocycles. The SMILES string of the molecule is C=CC/C=C/C1N(C/C=C/C=O)C2=CC=CCC2C1(C)C. The second-order valence-electron chi connectivity index (χ2n) is 6.24. The number of aldehydes is 1. The molecule has 0 spiro atoms. The molecule has 0 N–H and O–H groups in total. The van der Waals surface area contributed by atoms with E-state index in [1.54, 1.807) is 6.08 Å². The van der Waals surface area contributed by atoms with Crippen molar-refractivity contribution < 1.29 is 4.79 Å². The van der Waals surface area contributed by atoms with Crippen LogP contribution in [0, 0.1) is 11.3 Å². The van der Waals surface area contributed by atoms with Crippen LogP contribution in [0.1, 0.15) is 26.7 Å². The van der Waals surface area contributed by atoms with E-state index in [4.69, 9.17) is 0 Å². The first-order chi connectivity index (χ1) is 10.1. The molecule has 0 aromatic carbocycles. The van der Waals surface area contributed by atoms with Crippen LogP contribution >= 0.6 is 0 Å². The molecule has 2 heteroatoms. The molecule has 2 nitrogen and oxygen atoms in total. The minimum absolute atomic E-state index is 0.184. The van der Waals surface area contributed by atoms with E-state index in [0.717, 1.165) is 25.7 Å². The van der Waals surface area contributed by atoms with Gasteiger partial charge < -0.3 is 4.90 Å². The third kappa shape index (κ3) is 3.10. The Morgan fingerprint density at radius 3 is 2.95 bits per heavy atom. The smallest absolute Gasteiger partial charge is 0.142 e. The van der Waals surface area contributed by atoms with Crippen LogP contribution in [0.3, 0.4) is 0 Å². The van der Waals surface area contributed by atoms with E-state index in [1.807, 2.05) is 12.2 Å². The molecule has 1 heterocycles. The van der Waals surface area contributed by atoms with Gasteiger partial charge in [-0.2, -0.15) is 0 Å². The Kier molecular flexibility index (Phi) is 5.00. The van der Waals surface area contributed by atoms with Gasteiger partial charge in [0, 0.05) is 18.2 Å². The van der Waals surface area contributed by atoms with Crippen LogP contribution in [0.5, 0.6) is 0 Å². The average Bonchev–Trinajstić information content (AvgIpc) is 2.69. The predicted molar refractivity (Wildman–Crippen MR) is 88.8 cm³/mol. The lowest BCUT2D eigenvalue weighted by Gasteiger charge is -2.32. The maximum atomic E-state index is 10.5. The van der Waals surface area contributed by atoms with Gasteiger partial charge >= 0.3 is 0 Å². The summed E-state index contributed by atoms with van der Waals surface area (Å²) in [6.07, 6.45) is 19.4. The summed E-state index contributed by atoms with van der Waals surface area (Å²) in [6, 6.07) is 0.352. The van der Waals surface area contributed by atoms with E-state index in [-0.39, 0.29) is 5.41 Å². The summed E-state index contributed by atoms with van der Waals surface area (Å²) in [5, 5.41) is 0. The van der Waals surface area contributed by atoms with E-state index in [9.17, 15) is 4.79 Å². The lowest BCUT2D eigenvalue weighted by molar-refractivity contribution is -0.104. The molecule has 1 aliphatic heterocycles. The first-order valence-electron chi connectivity index (χ1n) is 7.64. The highest BCUT2D eigenvalue weighted by Crippen LogP contribution is 2.50. The molecule has 2 aliphatic rings. The normalized spacial score (nSPS) is 27.1. The summed E-state index contributed by atoms with van der Waals surface area (Å²) in [4.78, 5) is 12.9. The van der Waals surface area contributed by atoms with Gasteiger partial charge in [-0.1, -0.05) is 50.3 Å². The quantitative estimate of drug-likeness (QED) is 0.416. The minimum Gasteiger partial charge on any atom is -0.364 e. The summed E-state index contributed by atoms with van der Waals surface area (Å²) < 4.78 is 0. The Hall–Kier alpha value is -1.83. The van der Waals surface area contributed by atoms with Gasteiger partial charge in [-0.15, -0.1) is 6.58 Å².